The molecule has 0 fully saturated rings. The van der Waals surface area contributed by atoms with Crippen molar-refractivity contribution < 1.29 is 0 Å². The number of hydrogen-bond donors (Lipinski definition) is 1. The van der Waals surface area contributed by atoms with Crippen LogP contribution in [0.5, 0.6) is 0 Å². The highest BCUT2D eigenvalue weighted by Gasteiger charge is 2.01. The van der Waals surface area contributed by atoms with Gasteiger partial charge in [-0.3, -0.25) is 0 Å². The molecule has 2 N–H and O–H groups in total. The smallest absolute Gasteiger partial charge is 0.101 e. The van der Waals surface area contributed by atoms with Crippen molar-refractivity contribution >= 4 is 27.1 Å². The number of nitriles is 1. The van der Waals surface area contributed by atoms with Gasteiger partial charge >= 0.3 is 0 Å². The van der Waals surface area contributed by atoms with Gasteiger partial charge in [-0.05, 0) is 29.0 Å². The Balaban J connectivity index is 2.84. The average Bonchev–Trinajstić information content (AvgIpc) is 2.49. The SMILES string of the molecule is N#Cc1cc2sccc2cc1N. The summed E-state index contributed by atoms with van der Waals surface area (Å²) in [4.78, 5) is 0. The van der Waals surface area contributed by atoms with Crippen LogP contribution in [0, 0.1) is 11.3 Å². The minimum absolute atomic E-state index is 0.559. The van der Waals surface area contributed by atoms with E-state index in [1.54, 1.807) is 11.3 Å². The van der Waals surface area contributed by atoms with Crippen molar-refractivity contribution in [1.82, 2.24) is 0 Å². The van der Waals surface area contributed by atoms with Crippen LogP contribution in [-0.2, 0) is 0 Å². The monoisotopic (exact) mass is 174 g/mol. The molecule has 2 rings (SSSR count). The molecule has 0 aliphatic heterocycles. The molecule has 1 heterocycles. The number of anilines is 1. The lowest BCUT2D eigenvalue weighted by molar-refractivity contribution is 1.50. The molecule has 2 aromatic rings. The molecule has 0 spiro atoms. The second kappa shape index (κ2) is 2.50. The third kappa shape index (κ3) is 0.936. The van der Waals surface area contributed by atoms with Crippen LogP contribution in [0.4, 0.5) is 5.69 Å². The van der Waals surface area contributed by atoms with E-state index in [-0.39, 0.29) is 0 Å². The largest absolute Gasteiger partial charge is 0.398 e. The van der Waals surface area contributed by atoms with Crippen molar-refractivity contribution in [3.05, 3.63) is 29.1 Å². The van der Waals surface area contributed by atoms with E-state index in [0.29, 0.717) is 11.3 Å². The molecule has 0 aliphatic carbocycles. The Labute approximate surface area is 73.9 Å². The summed E-state index contributed by atoms with van der Waals surface area (Å²) in [7, 11) is 0. The molecule has 1 aromatic heterocycles. The Morgan fingerprint density at radius 3 is 3.00 bits per heavy atom. The molecule has 0 saturated heterocycles. The lowest BCUT2D eigenvalue weighted by atomic mass is 10.1. The number of fused-ring (bicyclic) bond motifs is 1. The van der Waals surface area contributed by atoms with Crippen molar-refractivity contribution in [3.8, 4) is 6.07 Å². The van der Waals surface area contributed by atoms with Crippen LogP contribution in [0.1, 0.15) is 5.56 Å². The summed E-state index contributed by atoms with van der Waals surface area (Å²) in [5, 5.41) is 11.8. The number of nitrogens with two attached hydrogens (primary N) is 1. The molecule has 2 nitrogen and oxygen atoms in total. The van der Waals surface area contributed by atoms with Crippen LogP contribution >= 0.6 is 11.3 Å². The average molecular weight is 174 g/mol. The molecule has 12 heavy (non-hydrogen) atoms. The summed E-state index contributed by atoms with van der Waals surface area (Å²) in [5.74, 6) is 0. The number of benzene rings is 1. The molecular weight excluding hydrogens is 168 g/mol. The maximum absolute atomic E-state index is 8.69. The van der Waals surface area contributed by atoms with Crippen molar-refractivity contribution in [2.45, 2.75) is 0 Å². The minimum Gasteiger partial charge on any atom is -0.398 e. The van der Waals surface area contributed by atoms with Crippen LogP contribution in [0.3, 0.4) is 0 Å². The molecule has 0 radical (unpaired) electrons. The number of nitrogen functional groups attached to an aromatic ring is 1. The quantitative estimate of drug-likeness (QED) is 0.623. The molecule has 0 bridgehead atoms. The first-order valence-electron chi connectivity index (χ1n) is 3.48. The Bertz CT molecular complexity index is 465. The van der Waals surface area contributed by atoms with Gasteiger partial charge in [0, 0.05) is 4.70 Å². The second-order valence-electron chi connectivity index (χ2n) is 2.51. The summed E-state index contributed by atoms with van der Waals surface area (Å²) in [6.07, 6.45) is 0. The van der Waals surface area contributed by atoms with E-state index in [2.05, 4.69) is 6.07 Å². The van der Waals surface area contributed by atoms with Gasteiger partial charge in [0.05, 0.1) is 11.3 Å². The van der Waals surface area contributed by atoms with Crippen molar-refractivity contribution in [3.63, 3.8) is 0 Å². The third-order valence-electron chi connectivity index (χ3n) is 1.75. The number of thiophene rings is 1. The Hall–Kier alpha value is -1.53. The molecule has 0 aliphatic rings. The first kappa shape index (κ1) is 7.14. The molecule has 0 atom stereocenters. The van der Waals surface area contributed by atoms with Crippen LogP contribution in [0.15, 0.2) is 23.6 Å². The third-order valence-corrected chi connectivity index (χ3v) is 2.62. The Morgan fingerprint density at radius 2 is 2.25 bits per heavy atom. The molecule has 0 saturated carbocycles. The molecule has 1 aromatic carbocycles. The summed E-state index contributed by atoms with van der Waals surface area (Å²) in [5.41, 5.74) is 6.76. The first-order valence-corrected chi connectivity index (χ1v) is 4.36. The summed E-state index contributed by atoms with van der Waals surface area (Å²) in [6, 6.07) is 7.72. The molecule has 58 valence electrons. The van der Waals surface area contributed by atoms with E-state index in [0.717, 1.165) is 10.1 Å². The van der Waals surface area contributed by atoms with E-state index >= 15 is 0 Å². The maximum Gasteiger partial charge on any atom is 0.101 e. The maximum atomic E-state index is 8.69. The van der Waals surface area contributed by atoms with Gasteiger partial charge in [-0.25, -0.2) is 0 Å². The lowest BCUT2D eigenvalue weighted by Gasteiger charge is -1.95. The van der Waals surface area contributed by atoms with Gasteiger partial charge in [-0.1, -0.05) is 0 Å². The normalized spacial score (nSPS) is 9.92. The predicted octanol–water partition coefficient (Wildman–Crippen LogP) is 2.36. The Kier molecular flexibility index (Phi) is 1.49. The van der Waals surface area contributed by atoms with E-state index < -0.39 is 0 Å². The van der Waals surface area contributed by atoms with Crippen molar-refractivity contribution in [1.29, 1.82) is 5.26 Å². The molecular formula is C9H6N2S. The fraction of sp³-hybridized carbons (Fsp3) is 0. The molecule has 0 amide bonds. The number of hydrogen-bond acceptors (Lipinski definition) is 3. The highest BCUT2D eigenvalue weighted by Crippen LogP contribution is 2.25. The van der Waals surface area contributed by atoms with Gasteiger partial charge < -0.3 is 5.73 Å². The molecule has 3 heteroatoms. The number of nitrogens with zero attached hydrogens (tertiary/aromatic N) is 1. The van der Waals surface area contributed by atoms with Gasteiger partial charge in [0.1, 0.15) is 6.07 Å². The highest BCUT2D eigenvalue weighted by molar-refractivity contribution is 7.17. The summed E-state index contributed by atoms with van der Waals surface area (Å²) in [6.45, 7) is 0. The van der Waals surface area contributed by atoms with Gasteiger partial charge in [0.25, 0.3) is 0 Å². The van der Waals surface area contributed by atoms with Crippen LogP contribution < -0.4 is 5.73 Å². The van der Waals surface area contributed by atoms with E-state index in [1.165, 1.54) is 0 Å². The van der Waals surface area contributed by atoms with Crippen molar-refractivity contribution in [2.75, 3.05) is 5.73 Å². The summed E-state index contributed by atoms with van der Waals surface area (Å²) >= 11 is 1.62. The van der Waals surface area contributed by atoms with Crippen LogP contribution in [0.2, 0.25) is 0 Å². The fourth-order valence-corrected chi connectivity index (χ4v) is 1.93. The van der Waals surface area contributed by atoms with Crippen molar-refractivity contribution in [2.24, 2.45) is 0 Å². The van der Waals surface area contributed by atoms with E-state index in [9.17, 15) is 0 Å². The molecule has 0 unspecified atom stereocenters. The predicted molar refractivity (Wildman–Crippen MR) is 51.0 cm³/mol. The first-order chi connectivity index (χ1) is 5.81. The topological polar surface area (TPSA) is 49.8 Å². The standard InChI is InChI=1S/C9H6N2S/c10-5-7-4-9-6(1-2-12-9)3-8(7)11/h1-4H,11H2. The van der Waals surface area contributed by atoms with Crippen LogP contribution in [-0.4, -0.2) is 0 Å². The number of rotatable bonds is 0. The van der Waals surface area contributed by atoms with Gasteiger partial charge in [-0.15, -0.1) is 11.3 Å². The zero-order chi connectivity index (χ0) is 8.55. The van der Waals surface area contributed by atoms with Gasteiger partial charge in [0.2, 0.25) is 0 Å². The van der Waals surface area contributed by atoms with E-state index in [4.69, 9.17) is 11.0 Å². The lowest BCUT2D eigenvalue weighted by Crippen LogP contribution is -1.88. The highest BCUT2D eigenvalue weighted by atomic mass is 32.1. The fourth-order valence-electron chi connectivity index (χ4n) is 1.12. The zero-order valence-electron chi connectivity index (χ0n) is 6.24. The van der Waals surface area contributed by atoms with E-state index in [1.807, 2.05) is 23.6 Å². The second-order valence-corrected chi connectivity index (χ2v) is 3.46. The van der Waals surface area contributed by atoms with Gasteiger partial charge in [-0.2, -0.15) is 5.26 Å². The van der Waals surface area contributed by atoms with Gasteiger partial charge in [0.15, 0.2) is 0 Å². The Morgan fingerprint density at radius 1 is 1.42 bits per heavy atom. The zero-order valence-corrected chi connectivity index (χ0v) is 7.06. The van der Waals surface area contributed by atoms with Crippen LogP contribution in [0.25, 0.3) is 10.1 Å². The summed E-state index contributed by atoms with van der Waals surface area (Å²) < 4.78 is 1.11. The minimum atomic E-state index is 0.559.